The zero-order valence-corrected chi connectivity index (χ0v) is 21.0. The summed E-state index contributed by atoms with van der Waals surface area (Å²) in [5, 5.41) is 9.90. The Morgan fingerprint density at radius 3 is 2.73 bits per heavy atom. The van der Waals surface area contributed by atoms with E-state index in [1.165, 1.54) is 24.5 Å². The largest absolute Gasteiger partial charge is 0.349 e. The molecule has 2 aromatic carbocycles. The van der Waals surface area contributed by atoms with E-state index in [2.05, 4.69) is 25.4 Å². The Hall–Kier alpha value is -3.56. The van der Waals surface area contributed by atoms with Gasteiger partial charge in [0.15, 0.2) is 0 Å². The lowest BCUT2D eigenvalue weighted by Gasteiger charge is -2.24. The van der Waals surface area contributed by atoms with Gasteiger partial charge in [-0.25, -0.2) is 9.37 Å². The number of aromatic nitrogens is 3. The van der Waals surface area contributed by atoms with Gasteiger partial charge in [-0.2, -0.15) is 5.10 Å². The Kier molecular flexibility index (Phi) is 7.62. The number of likely N-dealkylation sites (tertiary alicyclic amines) is 1. The number of hydrogen-bond acceptors (Lipinski definition) is 5. The molecule has 10 heteroatoms. The van der Waals surface area contributed by atoms with Crippen LogP contribution in [0.1, 0.15) is 40.6 Å². The summed E-state index contributed by atoms with van der Waals surface area (Å²) in [4.78, 5) is 33.6. The van der Waals surface area contributed by atoms with Crippen LogP contribution in [0, 0.1) is 11.7 Å². The van der Waals surface area contributed by atoms with Crippen LogP contribution in [-0.4, -0.2) is 63.0 Å². The first-order valence-corrected chi connectivity index (χ1v) is 12.7. The molecule has 2 N–H and O–H groups in total. The van der Waals surface area contributed by atoms with Crippen LogP contribution in [0.5, 0.6) is 0 Å². The van der Waals surface area contributed by atoms with Crippen molar-refractivity contribution >= 4 is 23.4 Å². The fraction of sp³-hybridized carbons (Fsp3) is 0.333. The molecule has 3 heterocycles. The number of hydrogen-bond donors (Lipinski definition) is 2. The first kappa shape index (κ1) is 25.1. The Bertz CT molecular complexity index is 1260. The fourth-order valence-electron chi connectivity index (χ4n) is 5.02. The third-order valence-corrected chi connectivity index (χ3v) is 7.23. The summed E-state index contributed by atoms with van der Waals surface area (Å²) < 4.78 is 14.2. The van der Waals surface area contributed by atoms with Gasteiger partial charge in [0, 0.05) is 51.1 Å². The zero-order chi connectivity index (χ0) is 25.8. The summed E-state index contributed by atoms with van der Waals surface area (Å²) in [5.74, 6) is -0.153. The van der Waals surface area contributed by atoms with Gasteiger partial charge >= 0.3 is 0 Å². The Morgan fingerprint density at radius 1 is 1.16 bits per heavy atom. The molecule has 3 aromatic rings. The average molecular weight is 523 g/mol. The van der Waals surface area contributed by atoms with Gasteiger partial charge in [-0.05, 0) is 29.7 Å². The van der Waals surface area contributed by atoms with E-state index >= 15 is 0 Å². The second kappa shape index (κ2) is 11.2. The normalized spacial score (nSPS) is 17.9. The second-order valence-electron chi connectivity index (χ2n) is 9.44. The maximum Gasteiger partial charge on any atom is 0.262 e. The number of aryl methyl sites for hydroxylation is 1. The lowest BCUT2D eigenvalue weighted by molar-refractivity contribution is -0.121. The molecule has 37 heavy (non-hydrogen) atoms. The Labute approximate surface area is 219 Å². The molecule has 192 valence electrons. The van der Waals surface area contributed by atoms with E-state index in [9.17, 15) is 14.0 Å². The summed E-state index contributed by atoms with van der Waals surface area (Å²) in [5.41, 5.74) is 2.14. The summed E-state index contributed by atoms with van der Waals surface area (Å²) in [7, 11) is 0. The maximum absolute atomic E-state index is 14.2. The minimum absolute atomic E-state index is 0.0350. The van der Waals surface area contributed by atoms with Crippen molar-refractivity contribution in [3.05, 3.63) is 94.4 Å². The van der Waals surface area contributed by atoms with Gasteiger partial charge in [-0.15, -0.1) is 0 Å². The van der Waals surface area contributed by atoms with Crippen molar-refractivity contribution < 1.29 is 14.0 Å². The summed E-state index contributed by atoms with van der Waals surface area (Å²) in [6.07, 6.45) is 4.86. The van der Waals surface area contributed by atoms with Crippen molar-refractivity contribution in [3.8, 4) is 0 Å². The van der Waals surface area contributed by atoms with E-state index in [1.54, 1.807) is 4.90 Å². The van der Waals surface area contributed by atoms with Gasteiger partial charge < -0.3 is 10.2 Å². The number of carbonyl (C=O) groups is 2. The summed E-state index contributed by atoms with van der Waals surface area (Å²) >= 11 is 6.10. The van der Waals surface area contributed by atoms with E-state index in [-0.39, 0.29) is 28.5 Å². The van der Waals surface area contributed by atoms with Crippen LogP contribution in [-0.2, 0) is 11.2 Å². The molecular formula is C27H28ClFN6O2. The number of rotatable bonds is 9. The number of nitrogens with one attached hydrogen (secondary N) is 2. The molecule has 1 unspecified atom stereocenters. The van der Waals surface area contributed by atoms with E-state index in [0.717, 1.165) is 37.2 Å². The second-order valence-corrected chi connectivity index (χ2v) is 9.85. The molecule has 1 saturated heterocycles. The smallest absolute Gasteiger partial charge is 0.262 e. The molecule has 0 spiro atoms. The number of carbonyl (C=O) groups excluding carboxylic acids is 2. The van der Waals surface area contributed by atoms with E-state index in [0.29, 0.717) is 25.2 Å². The highest BCUT2D eigenvalue weighted by Gasteiger charge is 2.36. The van der Waals surface area contributed by atoms with E-state index in [1.807, 2.05) is 36.5 Å². The predicted octanol–water partition coefficient (Wildman–Crippen LogP) is 3.75. The van der Waals surface area contributed by atoms with Crippen molar-refractivity contribution in [3.63, 3.8) is 0 Å². The number of fused-ring (bicyclic) bond motifs is 1. The van der Waals surface area contributed by atoms with E-state index < -0.39 is 11.7 Å². The molecule has 0 aliphatic carbocycles. The molecule has 2 atom stereocenters. The standard InChI is InChI=1S/C27H28ClFN6O2/c28-21-7-4-8-22(29)26(21)27(37)35-15-19-13-34(14-20(19)16-35)12-11-23(18-5-2-1-3-6-18)32-25(36)10-9-24-30-17-31-33-24/h1-8,15,17,20,23H,9-14,16H2,(H,32,36)(H,30,31,33)/t20?,23-/m0/s1. The van der Waals surface area contributed by atoms with E-state index in [4.69, 9.17) is 11.6 Å². The van der Waals surface area contributed by atoms with Gasteiger partial charge in [0.1, 0.15) is 18.0 Å². The maximum atomic E-state index is 14.2. The molecule has 1 aromatic heterocycles. The summed E-state index contributed by atoms with van der Waals surface area (Å²) in [6, 6.07) is 14.1. The number of halogens is 2. The topological polar surface area (TPSA) is 94.2 Å². The molecule has 0 bridgehead atoms. The van der Waals surface area contributed by atoms with Crippen LogP contribution < -0.4 is 5.32 Å². The van der Waals surface area contributed by atoms with Crippen LogP contribution in [0.4, 0.5) is 4.39 Å². The highest BCUT2D eigenvalue weighted by Crippen LogP contribution is 2.32. The van der Waals surface area contributed by atoms with Crippen molar-refractivity contribution in [2.24, 2.45) is 5.92 Å². The molecule has 1 fully saturated rings. The van der Waals surface area contributed by atoms with Gasteiger partial charge in [-0.3, -0.25) is 19.6 Å². The lowest BCUT2D eigenvalue weighted by Crippen LogP contribution is -2.34. The van der Waals surface area contributed by atoms with Crippen molar-refractivity contribution in [2.75, 3.05) is 26.2 Å². The lowest BCUT2D eigenvalue weighted by atomic mass is 10.0. The highest BCUT2D eigenvalue weighted by molar-refractivity contribution is 6.33. The Balaban J connectivity index is 1.18. The van der Waals surface area contributed by atoms with Crippen LogP contribution >= 0.6 is 11.6 Å². The number of nitrogens with zero attached hydrogens (tertiary/aromatic N) is 4. The minimum Gasteiger partial charge on any atom is -0.349 e. The van der Waals surface area contributed by atoms with Gasteiger partial charge in [0.05, 0.1) is 16.6 Å². The van der Waals surface area contributed by atoms with Crippen LogP contribution in [0.3, 0.4) is 0 Å². The monoisotopic (exact) mass is 522 g/mol. The molecule has 2 amide bonds. The minimum atomic E-state index is -0.607. The van der Waals surface area contributed by atoms with Crippen molar-refractivity contribution in [1.29, 1.82) is 0 Å². The highest BCUT2D eigenvalue weighted by atomic mass is 35.5. The molecule has 2 aliphatic rings. The summed E-state index contributed by atoms with van der Waals surface area (Å²) in [6.45, 7) is 2.85. The third-order valence-electron chi connectivity index (χ3n) is 6.91. The van der Waals surface area contributed by atoms with Gasteiger partial charge in [0.2, 0.25) is 5.91 Å². The van der Waals surface area contributed by atoms with Crippen LogP contribution in [0.25, 0.3) is 0 Å². The van der Waals surface area contributed by atoms with Crippen molar-refractivity contribution in [1.82, 2.24) is 30.3 Å². The number of H-pyrrole nitrogens is 1. The van der Waals surface area contributed by atoms with Gasteiger partial charge in [0.25, 0.3) is 5.91 Å². The van der Waals surface area contributed by atoms with Crippen LogP contribution in [0.2, 0.25) is 5.02 Å². The average Bonchev–Trinajstić information content (AvgIpc) is 3.63. The molecule has 5 rings (SSSR count). The quantitative estimate of drug-likeness (QED) is 0.446. The molecule has 8 nitrogen and oxygen atoms in total. The molecular weight excluding hydrogens is 495 g/mol. The SMILES string of the molecule is O=C(CCc1ncn[nH]1)N[C@@H](CCN1CC2=CN(C(=O)c3c(F)cccc3Cl)CC2C1)c1ccccc1. The first-order chi connectivity index (χ1) is 18.0. The third kappa shape index (κ3) is 5.89. The number of benzene rings is 2. The first-order valence-electron chi connectivity index (χ1n) is 12.3. The van der Waals surface area contributed by atoms with Crippen molar-refractivity contribution in [2.45, 2.75) is 25.3 Å². The van der Waals surface area contributed by atoms with Gasteiger partial charge in [-0.1, -0.05) is 48.0 Å². The predicted molar refractivity (Wildman–Crippen MR) is 137 cm³/mol. The number of aromatic amines is 1. The fourth-order valence-corrected chi connectivity index (χ4v) is 5.26. The van der Waals surface area contributed by atoms with Crippen LogP contribution in [0.15, 0.2) is 66.6 Å². The zero-order valence-electron chi connectivity index (χ0n) is 20.2. The molecule has 0 saturated carbocycles. The Morgan fingerprint density at radius 2 is 2.00 bits per heavy atom. The molecule has 2 aliphatic heterocycles. The molecule has 0 radical (unpaired) electrons. The number of amides is 2.